The maximum absolute atomic E-state index is 13.4. The van der Waals surface area contributed by atoms with Crippen molar-refractivity contribution in [2.24, 2.45) is 0 Å². The highest BCUT2D eigenvalue weighted by Gasteiger charge is 2.15. The normalized spacial score (nSPS) is 11.8. The molecule has 7 heteroatoms. The summed E-state index contributed by atoms with van der Waals surface area (Å²) in [6.07, 6.45) is 1.76. The molecule has 1 N–H and O–H groups in total. The zero-order valence-corrected chi connectivity index (χ0v) is 17.1. The number of fused-ring (bicyclic) bond motifs is 1. The zero-order valence-electron chi connectivity index (χ0n) is 15.6. The lowest BCUT2D eigenvalue weighted by atomic mass is 10.1. The van der Waals surface area contributed by atoms with E-state index in [4.69, 9.17) is 23.2 Å². The Morgan fingerprint density at radius 2 is 1.97 bits per heavy atom. The van der Waals surface area contributed by atoms with Crippen LogP contribution in [-0.2, 0) is 0 Å². The van der Waals surface area contributed by atoms with Crippen LogP contribution in [0.5, 0.6) is 0 Å². The number of nitrogens with one attached hydrogen (secondary N) is 1. The minimum absolute atomic E-state index is 0.351. The predicted octanol–water partition coefficient (Wildman–Crippen LogP) is 6.48. The molecule has 2 aromatic carbocycles. The fraction of sp³-hybridized carbons (Fsp3) is 0.0909. The molecule has 0 saturated heterocycles. The first-order valence-corrected chi connectivity index (χ1v) is 9.55. The van der Waals surface area contributed by atoms with Crippen LogP contribution in [0.4, 0.5) is 4.39 Å². The van der Waals surface area contributed by atoms with Gasteiger partial charge in [0.05, 0.1) is 27.3 Å². The number of aryl methyl sites for hydroxylation is 1. The van der Waals surface area contributed by atoms with Gasteiger partial charge in [0.25, 0.3) is 0 Å². The molecule has 4 aromatic rings. The molecule has 0 fully saturated rings. The van der Waals surface area contributed by atoms with Gasteiger partial charge in [0.15, 0.2) is 0 Å². The highest BCUT2D eigenvalue weighted by atomic mass is 35.5. The molecule has 0 amide bonds. The van der Waals surface area contributed by atoms with Gasteiger partial charge in [0, 0.05) is 16.4 Å². The first kappa shape index (κ1) is 19.3. The van der Waals surface area contributed by atoms with Crippen LogP contribution in [-0.4, -0.2) is 14.5 Å². The quantitative estimate of drug-likeness (QED) is 0.382. The average molecular weight is 425 g/mol. The summed E-state index contributed by atoms with van der Waals surface area (Å²) in [6, 6.07) is 13.8. The van der Waals surface area contributed by atoms with Crippen LogP contribution < -0.4 is 0 Å². The summed E-state index contributed by atoms with van der Waals surface area (Å²) in [5.74, 6) is 0.0287. The van der Waals surface area contributed by atoms with Crippen molar-refractivity contribution in [2.75, 3.05) is 0 Å². The van der Waals surface area contributed by atoms with E-state index >= 15 is 0 Å². The summed E-state index contributed by atoms with van der Waals surface area (Å²) in [4.78, 5) is 7.42. The maximum atomic E-state index is 13.4. The van der Waals surface area contributed by atoms with Gasteiger partial charge in [-0.1, -0.05) is 23.2 Å². The highest BCUT2D eigenvalue weighted by Crippen LogP contribution is 2.30. The third kappa shape index (κ3) is 3.53. The van der Waals surface area contributed by atoms with Gasteiger partial charge in [-0.15, -0.1) is 0 Å². The summed E-state index contributed by atoms with van der Waals surface area (Å²) in [5.41, 5.74) is 5.04. The van der Waals surface area contributed by atoms with E-state index in [0.717, 1.165) is 22.6 Å². The molecule has 0 radical (unpaired) electrons. The smallest absolute Gasteiger partial charge is 0.149 e. The average Bonchev–Trinajstić information content (AvgIpc) is 3.20. The Morgan fingerprint density at radius 1 is 1.17 bits per heavy atom. The summed E-state index contributed by atoms with van der Waals surface area (Å²) >= 11 is 12.4. The van der Waals surface area contributed by atoms with Gasteiger partial charge in [-0.25, -0.2) is 9.37 Å². The number of imidazole rings is 1. The molecule has 0 atom stereocenters. The standard InChI is InChI=1S/C22H15Cl2FN4/c1-12-7-14(13(2)29(12)21-6-3-16(23)9-18(21)24)8-15(11-26)22-27-19-5-4-17(25)10-20(19)28-22/h3-10H,1-2H3,(H,27,28)/b15-8-. The minimum atomic E-state index is -0.362. The Hall–Kier alpha value is -3.07. The van der Waals surface area contributed by atoms with Crippen LogP contribution in [0.3, 0.4) is 0 Å². The molecule has 2 aromatic heterocycles. The molecule has 29 heavy (non-hydrogen) atoms. The van der Waals surface area contributed by atoms with E-state index < -0.39 is 0 Å². The van der Waals surface area contributed by atoms with Gasteiger partial charge >= 0.3 is 0 Å². The second-order valence-electron chi connectivity index (χ2n) is 6.67. The number of benzene rings is 2. The van der Waals surface area contributed by atoms with E-state index in [-0.39, 0.29) is 5.82 Å². The number of allylic oxidation sites excluding steroid dienone is 1. The topological polar surface area (TPSA) is 57.4 Å². The summed E-state index contributed by atoms with van der Waals surface area (Å²) in [5, 5.41) is 10.8. The molecule has 0 saturated carbocycles. The monoisotopic (exact) mass is 424 g/mol. The summed E-state index contributed by atoms with van der Waals surface area (Å²) in [6.45, 7) is 3.91. The third-order valence-corrected chi connectivity index (χ3v) is 5.28. The lowest BCUT2D eigenvalue weighted by Gasteiger charge is -2.12. The van der Waals surface area contributed by atoms with E-state index in [1.165, 1.54) is 12.1 Å². The maximum Gasteiger partial charge on any atom is 0.149 e. The molecule has 0 aliphatic rings. The number of rotatable bonds is 3. The molecule has 144 valence electrons. The molecule has 2 heterocycles. The Balaban J connectivity index is 1.81. The zero-order chi connectivity index (χ0) is 20.7. The first-order chi connectivity index (χ1) is 13.9. The van der Waals surface area contributed by atoms with E-state index in [0.29, 0.717) is 32.5 Å². The van der Waals surface area contributed by atoms with Crippen LogP contribution in [0.1, 0.15) is 22.8 Å². The number of aromatic nitrogens is 3. The number of H-pyrrole nitrogens is 1. The van der Waals surface area contributed by atoms with Crippen LogP contribution >= 0.6 is 23.2 Å². The van der Waals surface area contributed by atoms with Crippen LogP contribution in [0.15, 0.2) is 42.5 Å². The van der Waals surface area contributed by atoms with Crippen molar-refractivity contribution in [3.05, 3.63) is 81.1 Å². The number of hydrogen-bond acceptors (Lipinski definition) is 2. The number of nitriles is 1. The van der Waals surface area contributed by atoms with Crippen molar-refractivity contribution in [3.8, 4) is 11.8 Å². The molecule has 0 aliphatic heterocycles. The van der Waals surface area contributed by atoms with Gasteiger partial charge in [0.1, 0.15) is 17.7 Å². The highest BCUT2D eigenvalue weighted by molar-refractivity contribution is 6.35. The minimum Gasteiger partial charge on any atom is -0.337 e. The van der Waals surface area contributed by atoms with Crippen molar-refractivity contribution < 1.29 is 4.39 Å². The number of nitrogens with zero attached hydrogens (tertiary/aromatic N) is 3. The lowest BCUT2D eigenvalue weighted by molar-refractivity contribution is 0.629. The molecule has 0 aliphatic carbocycles. The van der Waals surface area contributed by atoms with Gasteiger partial charge < -0.3 is 9.55 Å². The Labute approximate surface area is 176 Å². The van der Waals surface area contributed by atoms with Gasteiger partial charge in [0.2, 0.25) is 0 Å². The fourth-order valence-corrected chi connectivity index (χ4v) is 3.88. The van der Waals surface area contributed by atoms with Crippen molar-refractivity contribution in [1.29, 1.82) is 5.26 Å². The van der Waals surface area contributed by atoms with Crippen molar-refractivity contribution in [3.63, 3.8) is 0 Å². The van der Waals surface area contributed by atoms with E-state index in [1.807, 2.05) is 30.5 Å². The molecule has 0 bridgehead atoms. The van der Waals surface area contributed by atoms with Crippen LogP contribution in [0, 0.1) is 31.0 Å². The predicted molar refractivity (Wildman–Crippen MR) is 115 cm³/mol. The van der Waals surface area contributed by atoms with E-state index in [2.05, 4.69) is 16.0 Å². The van der Waals surface area contributed by atoms with Gasteiger partial charge in [-0.05, 0) is 68.0 Å². The van der Waals surface area contributed by atoms with E-state index in [1.54, 1.807) is 24.3 Å². The number of aromatic amines is 1. The molecular formula is C22H15Cl2FN4. The van der Waals surface area contributed by atoms with Gasteiger partial charge in [-0.2, -0.15) is 5.26 Å². The summed E-state index contributed by atoms with van der Waals surface area (Å²) in [7, 11) is 0. The second-order valence-corrected chi connectivity index (χ2v) is 7.52. The molecule has 0 unspecified atom stereocenters. The number of hydrogen-bond donors (Lipinski definition) is 1. The Bertz CT molecular complexity index is 1320. The summed E-state index contributed by atoms with van der Waals surface area (Å²) < 4.78 is 15.5. The third-order valence-electron chi connectivity index (χ3n) is 4.74. The van der Waals surface area contributed by atoms with Crippen molar-refractivity contribution in [1.82, 2.24) is 14.5 Å². The van der Waals surface area contributed by atoms with Crippen molar-refractivity contribution in [2.45, 2.75) is 13.8 Å². The molecule has 4 rings (SSSR count). The van der Waals surface area contributed by atoms with Crippen LogP contribution in [0.25, 0.3) is 28.4 Å². The largest absolute Gasteiger partial charge is 0.337 e. The van der Waals surface area contributed by atoms with Gasteiger partial charge in [-0.3, -0.25) is 0 Å². The molecular weight excluding hydrogens is 410 g/mol. The SMILES string of the molecule is Cc1cc(/C=C(/C#N)c2nc3ccc(F)cc3[nH]2)c(C)n1-c1ccc(Cl)cc1Cl. The van der Waals surface area contributed by atoms with Crippen LogP contribution in [0.2, 0.25) is 10.0 Å². The van der Waals surface area contributed by atoms with Crippen molar-refractivity contribution >= 4 is 45.9 Å². The number of halogens is 3. The van der Waals surface area contributed by atoms with E-state index in [9.17, 15) is 9.65 Å². The Morgan fingerprint density at radius 3 is 2.69 bits per heavy atom. The Kier molecular flexibility index (Phi) is 4.91. The first-order valence-electron chi connectivity index (χ1n) is 8.79. The lowest BCUT2D eigenvalue weighted by Crippen LogP contribution is -2.00. The fourth-order valence-electron chi connectivity index (χ4n) is 3.39. The molecule has 0 spiro atoms. The second kappa shape index (κ2) is 7.40. The molecule has 4 nitrogen and oxygen atoms in total.